The highest BCUT2D eigenvalue weighted by Gasteiger charge is 2.13. The van der Waals surface area contributed by atoms with Gasteiger partial charge >= 0.3 is 0 Å². The van der Waals surface area contributed by atoms with Crippen LogP contribution < -0.4 is 10.5 Å². The third-order valence-electron chi connectivity index (χ3n) is 3.43. The van der Waals surface area contributed by atoms with Crippen molar-refractivity contribution in [3.63, 3.8) is 0 Å². The maximum Gasteiger partial charge on any atom is 0.166 e. The highest BCUT2D eigenvalue weighted by Crippen LogP contribution is 2.29. The fraction of sp³-hybridized carbons (Fsp3) is 0.333. The second-order valence-corrected chi connectivity index (χ2v) is 6.35. The Bertz CT molecular complexity index is 612. The molecule has 0 heterocycles. The van der Waals surface area contributed by atoms with Gasteiger partial charge in [-0.2, -0.15) is 0 Å². The highest BCUT2D eigenvalue weighted by atomic mass is 19.1. The van der Waals surface area contributed by atoms with E-state index in [1.165, 1.54) is 11.6 Å². The van der Waals surface area contributed by atoms with Crippen molar-refractivity contribution in [2.24, 2.45) is 5.73 Å². The molecule has 0 saturated heterocycles. The number of hydrogen-bond acceptors (Lipinski definition) is 2. The summed E-state index contributed by atoms with van der Waals surface area (Å²) in [5.74, 6) is 0.433. The predicted molar refractivity (Wildman–Crippen MR) is 84.2 cm³/mol. The first-order chi connectivity index (χ1) is 9.77. The molecule has 2 nitrogen and oxygen atoms in total. The lowest BCUT2D eigenvalue weighted by atomic mass is 9.87. The van der Waals surface area contributed by atoms with Crippen LogP contribution in [0.25, 0.3) is 0 Å². The maximum absolute atomic E-state index is 14.0. The molecule has 0 amide bonds. The molecule has 0 fully saturated rings. The zero-order valence-electron chi connectivity index (χ0n) is 13.0. The van der Waals surface area contributed by atoms with Crippen LogP contribution in [-0.4, -0.2) is 0 Å². The molecule has 2 N–H and O–H groups in total. The van der Waals surface area contributed by atoms with E-state index in [0.29, 0.717) is 5.75 Å². The third kappa shape index (κ3) is 3.82. The lowest BCUT2D eigenvalue weighted by molar-refractivity contribution is 0.440. The van der Waals surface area contributed by atoms with E-state index in [4.69, 9.17) is 10.5 Å². The monoisotopic (exact) mass is 287 g/mol. The van der Waals surface area contributed by atoms with Gasteiger partial charge in [-0.05, 0) is 47.7 Å². The van der Waals surface area contributed by atoms with Crippen LogP contribution >= 0.6 is 0 Å². The maximum atomic E-state index is 14.0. The van der Waals surface area contributed by atoms with Crippen LogP contribution in [0.1, 0.15) is 44.9 Å². The van der Waals surface area contributed by atoms with Crippen LogP contribution in [0.2, 0.25) is 0 Å². The quantitative estimate of drug-likeness (QED) is 0.868. The van der Waals surface area contributed by atoms with Crippen molar-refractivity contribution in [3.8, 4) is 11.5 Å². The summed E-state index contributed by atoms with van der Waals surface area (Å²) >= 11 is 0. The molecule has 0 aromatic heterocycles. The van der Waals surface area contributed by atoms with E-state index in [9.17, 15) is 4.39 Å². The normalized spacial score (nSPS) is 13.0. The molecule has 0 aliphatic carbocycles. The Morgan fingerprint density at radius 3 is 2.14 bits per heavy atom. The lowest BCUT2D eigenvalue weighted by Crippen LogP contribution is -2.10. The van der Waals surface area contributed by atoms with Crippen LogP contribution in [0.3, 0.4) is 0 Å². The summed E-state index contributed by atoms with van der Waals surface area (Å²) in [7, 11) is 0. The van der Waals surface area contributed by atoms with Crippen molar-refractivity contribution in [3.05, 3.63) is 59.4 Å². The molecule has 0 radical (unpaired) electrons. The topological polar surface area (TPSA) is 35.2 Å². The Morgan fingerprint density at radius 2 is 1.67 bits per heavy atom. The Kier molecular flexibility index (Phi) is 4.33. The first-order valence-corrected chi connectivity index (χ1v) is 7.11. The molecule has 0 spiro atoms. The zero-order chi connectivity index (χ0) is 15.6. The van der Waals surface area contributed by atoms with Gasteiger partial charge in [-0.15, -0.1) is 0 Å². The predicted octanol–water partition coefficient (Wildman–Crippen LogP) is 4.94. The van der Waals surface area contributed by atoms with Crippen molar-refractivity contribution in [2.45, 2.75) is 39.2 Å². The molecule has 2 rings (SSSR count). The van der Waals surface area contributed by atoms with Gasteiger partial charge in [-0.3, -0.25) is 0 Å². The van der Waals surface area contributed by atoms with E-state index in [1.807, 2.05) is 31.2 Å². The molecule has 0 aliphatic heterocycles. The Balaban J connectivity index is 2.19. The number of benzene rings is 2. The first-order valence-electron chi connectivity index (χ1n) is 7.11. The van der Waals surface area contributed by atoms with E-state index < -0.39 is 5.82 Å². The lowest BCUT2D eigenvalue weighted by Gasteiger charge is -2.19. The molecule has 0 unspecified atom stereocenters. The minimum Gasteiger partial charge on any atom is -0.454 e. The van der Waals surface area contributed by atoms with Gasteiger partial charge in [0.05, 0.1) is 0 Å². The van der Waals surface area contributed by atoms with Crippen molar-refractivity contribution < 1.29 is 9.13 Å². The van der Waals surface area contributed by atoms with Gasteiger partial charge in [-0.1, -0.05) is 39.0 Å². The zero-order valence-corrected chi connectivity index (χ0v) is 13.0. The third-order valence-corrected chi connectivity index (χ3v) is 3.43. The molecular weight excluding hydrogens is 265 g/mol. The molecule has 1 atom stereocenters. The number of halogens is 1. The molecule has 21 heavy (non-hydrogen) atoms. The Labute approximate surface area is 125 Å². The number of hydrogen-bond donors (Lipinski definition) is 1. The van der Waals surface area contributed by atoms with Crippen LogP contribution in [0.15, 0.2) is 42.5 Å². The number of ether oxygens (including phenoxy) is 1. The average molecular weight is 287 g/mol. The molecular formula is C18H22FNO. The molecule has 0 aliphatic rings. The summed E-state index contributed by atoms with van der Waals surface area (Å²) in [6, 6.07) is 12.4. The molecule has 112 valence electrons. The second-order valence-electron chi connectivity index (χ2n) is 6.35. The molecule has 0 bridgehead atoms. The Morgan fingerprint density at radius 1 is 1.05 bits per heavy atom. The summed E-state index contributed by atoms with van der Waals surface area (Å²) < 4.78 is 19.6. The van der Waals surface area contributed by atoms with E-state index in [2.05, 4.69) is 20.8 Å². The van der Waals surface area contributed by atoms with Crippen molar-refractivity contribution in [1.82, 2.24) is 0 Å². The van der Waals surface area contributed by atoms with Crippen molar-refractivity contribution >= 4 is 0 Å². The summed E-state index contributed by atoms with van der Waals surface area (Å²) in [5.41, 5.74) is 7.78. The van der Waals surface area contributed by atoms with Crippen LogP contribution in [-0.2, 0) is 5.41 Å². The smallest absolute Gasteiger partial charge is 0.166 e. The second kappa shape index (κ2) is 5.86. The minimum absolute atomic E-state index is 0.0860. The van der Waals surface area contributed by atoms with E-state index >= 15 is 0 Å². The summed E-state index contributed by atoms with van der Waals surface area (Å²) in [4.78, 5) is 0. The highest BCUT2D eigenvalue weighted by molar-refractivity contribution is 5.37. The molecule has 2 aromatic carbocycles. The van der Waals surface area contributed by atoms with Gasteiger partial charge in [0.1, 0.15) is 5.75 Å². The van der Waals surface area contributed by atoms with Gasteiger partial charge in [-0.25, -0.2) is 4.39 Å². The van der Waals surface area contributed by atoms with Crippen molar-refractivity contribution in [2.75, 3.05) is 0 Å². The van der Waals surface area contributed by atoms with E-state index in [1.54, 1.807) is 12.1 Å². The largest absolute Gasteiger partial charge is 0.454 e. The molecule has 0 saturated carbocycles. The van der Waals surface area contributed by atoms with Crippen LogP contribution in [0.4, 0.5) is 4.39 Å². The standard InChI is InChI=1S/C18H22FNO/c1-12(20)13-5-10-17(16(19)11-13)21-15-8-6-14(7-9-15)18(2,3)4/h5-12H,20H2,1-4H3/t12-/m0/s1. The average Bonchev–Trinajstić information content (AvgIpc) is 2.40. The van der Waals surface area contributed by atoms with Gasteiger partial charge in [0.2, 0.25) is 0 Å². The first kappa shape index (κ1) is 15.5. The van der Waals surface area contributed by atoms with Gasteiger partial charge in [0, 0.05) is 6.04 Å². The van der Waals surface area contributed by atoms with Crippen LogP contribution in [0, 0.1) is 5.82 Å². The number of rotatable bonds is 3. The summed E-state index contributed by atoms with van der Waals surface area (Å²) in [6.07, 6.45) is 0. The summed E-state index contributed by atoms with van der Waals surface area (Å²) in [6.45, 7) is 8.26. The minimum atomic E-state index is -0.398. The van der Waals surface area contributed by atoms with Gasteiger partial charge in [0.15, 0.2) is 11.6 Å². The van der Waals surface area contributed by atoms with E-state index in [-0.39, 0.29) is 17.2 Å². The number of nitrogens with two attached hydrogens (primary N) is 1. The van der Waals surface area contributed by atoms with Crippen molar-refractivity contribution in [1.29, 1.82) is 0 Å². The fourth-order valence-corrected chi connectivity index (χ4v) is 2.03. The molecule has 3 heteroatoms. The van der Waals surface area contributed by atoms with E-state index in [0.717, 1.165) is 5.56 Å². The SMILES string of the molecule is C[C@H](N)c1ccc(Oc2ccc(C(C)(C)C)cc2)c(F)c1. The fourth-order valence-electron chi connectivity index (χ4n) is 2.03. The Hall–Kier alpha value is -1.87. The van der Waals surface area contributed by atoms with Gasteiger partial charge < -0.3 is 10.5 Å². The summed E-state index contributed by atoms with van der Waals surface area (Å²) in [5, 5.41) is 0. The molecule has 2 aromatic rings. The van der Waals surface area contributed by atoms with Gasteiger partial charge in [0.25, 0.3) is 0 Å². The van der Waals surface area contributed by atoms with Crippen LogP contribution in [0.5, 0.6) is 11.5 Å².